The summed E-state index contributed by atoms with van der Waals surface area (Å²) in [5.41, 5.74) is 3.51. The van der Waals surface area contributed by atoms with E-state index >= 15 is 0 Å². The molecule has 0 fully saturated rings. The lowest BCUT2D eigenvalue weighted by Crippen LogP contribution is -2.26. The van der Waals surface area contributed by atoms with Crippen molar-refractivity contribution >= 4 is 11.7 Å². The minimum atomic E-state index is -0.676. The van der Waals surface area contributed by atoms with Gasteiger partial charge in [0.25, 0.3) is 0 Å². The van der Waals surface area contributed by atoms with Gasteiger partial charge in [0.05, 0.1) is 12.3 Å². The summed E-state index contributed by atoms with van der Waals surface area (Å²) in [6.45, 7) is 7.34. The second-order valence-electron chi connectivity index (χ2n) is 3.94. The van der Waals surface area contributed by atoms with Crippen molar-refractivity contribution in [1.82, 2.24) is 0 Å². The molecule has 0 unspecified atom stereocenters. The lowest BCUT2D eigenvalue weighted by Gasteiger charge is -2.15. The summed E-state index contributed by atoms with van der Waals surface area (Å²) < 4.78 is 10.4. The van der Waals surface area contributed by atoms with E-state index < -0.39 is 12.1 Å². The molecule has 1 rings (SSSR count). The summed E-state index contributed by atoms with van der Waals surface area (Å²) in [5.74, 6) is 0.133. The van der Waals surface area contributed by atoms with Gasteiger partial charge in [0.1, 0.15) is 5.75 Å². The third kappa shape index (κ3) is 4.30. The topological polar surface area (TPSA) is 67.8 Å². The van der Waals surface area contributed by atoms with Gasteiger partial charge in [-0.1, -0.05) is 6.08 Å². The summed E-state index contributed by atoms with van der Waals surface area (Å²) in [5, 5.41) is 8.98. The Labute approximate surface area is 112 Å². The molecule has 0 aliphatic rings. The smallest absolute Gasteiger partial charge is 0.347 e. The molecule has 1 aromatic carbocycles. The summed E-state index contributed by atoms with van der Waals surface area (Å²) in [4.78, 5) is 11.5. The second kappa shape index (κ2) is 7.43. The molecule has 0 spiro atoms. The van der Waals surface area contributed by atoms with E-state index in [-0.39, 0.29) is 0 Å². The fraction of sp³-hybridized carbons (Fsp3) is 0.357. The maximum atomic E-state index is 11.5. The Bertz CT molecular complexity index is 445. The van der Waals surface area contributed by atoms with Crippen LogP contribution in [0.25, 0.3) is 0 Å². The quantitative estimate of drug-likeness (QED) is 0.450. The predicted molar refractivity (Wildman–Crippen MR) is 72.5 cm³/mol. The zero-order valence-electron chi connectivity index (χ0n) is 11.2. The number of benzene rings is 1. The molecule has 0 radical (unpaired) electrons. The predicted octanol–water partition coefficient (Wildman–Crippen LogP) is 2.55. The van der Waals surface area contributed by atoms with E-state index in [2.05, 4.69) is 12.1 Å². The van der Waals surface area contributed by atoms with Gasteiger partial charge in [-0.15, -0.1) is 6.58 Å². The van der Waals surface area contributed by atoms with Gasteiger partial charge in [-0.05, 0) is 44.0 Å². The molecule has 0 heterocycles. The molecule has 0 bridgehead atoms. The zero-order valence-corrected chi connectivity index (χ0v) is 11.2. The van der Waals surface area contributed by atoms with Crippen LogP contribution in [0.15, 0.2) is 30.9 Å². The fourth-order valence-corrected chi connectivity index (χ4v) is 1.59. The Kier molecular flexibility index (Phi) is 5.89. The number of esters is 1. The van der Waals surface area contributed by atoms with Crippen LogP contribution in [0, 0.1) is 0 Å². The van der Waals surface area contributed by atoms with Crippen LogP contribution in [0.5, 0.6) is 5.75 Å². The Morgan fingerprint density at radius 1 is 1.58 bits per heavy atom. The van der Waals surface area contributed by atoms with Crippen molar-refractivity contribution in [2.24, 2.45) is 0 Å². The van der Waals surface area contributed by atoms with E-state index in [4.69, 9.17) is 14.7 Å². The number of hydrogen-bond donors (Lipinski definition) is 2. The average molecular weight is 265 g/mol. The molecule has 1 atom stereocenters. The number of allylic oxidation sites excluding steroid dienone is 1. The maximum absolute atomic E-state index is 11.5. The van der Waals surface area contributed by atoms with Gasteiger partial charge in [0.2, 0.25) is 0 Å². The first-order valence-electron chi connectivity index (χ1n) is 6.09. The van der Waals surface area contributed by atoms with Crippen LogP contribution in [0.1, 0.15) is 19.4 Å². The Balaban J connectivity index is 2.81. The van der Waals surface area contributed by atoms with E-state index in [0.717, 1.165) is 5.56 Å². The summed E-state index contributed by atoms with van der Waals surface area (Å²) >= 11 is 0. The molecule has 0 aliphatic heterocycles. The molecule has 0 amide bonds. The van der Waals surface area contributed by atoms with Gasteiger partial charge in [-0.25, -0.2) is 4.79 Å². The molecule has 104 valence electrons. The second-order valence-corrected chi connectivity index (χ2v) is 3.94. The molecule has 0 aromatic heterocycles. The van der Waals surface area contributed by atoms with Crippen LogP contribution in [-0.2, 0) is 16.0 Å². The van der Waals surface area contributed by atoms with Crippen LogP contribution >= 0.6 is 0 Å². The minimum Gasteiger partial charge on any atom is -0.479 e. The summed E-state index contributed by atoms with van der Waals surface area (Å²) in [6.07, 6.45) is 1.62. The highest BCUT2D eigenvalue weighted by Crippen LogP contribution is 2.23. The Morgan fingerprint density at radius 3 is 2.89 bits per heavy atom. The van der Waals surface area contributed by atoms with Crippen LogP contribution in [0.4, 0.5) is 5.69 Å². The number of hydrogen-bond acceptors (Lipinski definition) is 5. The standard InChI is InChI=1S/C14H19NO4/c1-4-6-11-9-12(7-8-13(11)15-17)19-10(3)14(16)18-5-2/h4,7-10,15,17H,1,5-6H2,2-3H3/t10-/m1/s1. The van der Waals surface area contributed by atoms with Gasteiger partial charge in [0, 0.05) is 0 Å². The van der Waals surface area contributed by atoms with Crippen molar-refractivity contribution in [1.29, 1.82) is 0 Å². The molecule has 1 aromatic rings. The number of ether oxygens (including phenoxy) is 2. The monoisotopic (exact) mass is 265 g/mol. The zero-order chi connectivity index (χ0) is 14.3. The molecule has 0 saturated heterocycles. The van der Waals surface area contributed by atoms with Gasteiger partial charge < -0.3 is 9.47 Å². The number of anilines is 1. The number of nitrogens with one attached hydrogen (secondary N) is 1. The normalized spacial score (nSPS) is 11.5. The van der Waals surface area contributed by atoms with Crippen molar-refractivity contribution in [2.45, 2.75) is 26.4 Å². The van der Waals surface area contributed by atoms with Crippen molar-refractivity contribution in [3.8, 4) is 5.75 Å². The van der Waals surface area contributed by atoms with E-state index in [9.17, 15) is 4.79 Å². The van der Waals surface area contributed by atoms with Crippen LogP contribution < -0.4 is 10.2 Å². The van der Waals surface area contributed by atoms with Crippen LogP contribution in [0.3, 0.4) is 0 Å². The largest absolute Gasteiger partial charge is 0.479 e. The third-order valence-corrected chi connectivity index (χ3v) is 2.49. The van der Waals surface area contributed by atoms with Gasteiger partial charge in [-0.3, -0.25) is 10.7 Å². The molecular formula is C14H19NO4. The lowest BCUT2D eigenvalue weighted by atomic mass is 10.1. The van der Waals surface area contributed by atoms with E-state index in [1.807, 2.05) is 0 Å². The molecular weight excluding hydrogens is 246 g/mol. The molecule has 19 heavy (non-hydrogen) atoms. The first-order chi connectivity index (χ1) is 9.12. The van der Waals surface area contributed by atoms with E-state index in [1.54, 1.807) is 38.1 Å². The Morgan fingerprint density at radius 2 is 2.32 bits per heavy atom. The molecule has 0 saturated carbocycles. The third-order valence-electron chi connectivity index (χ3n) is 2.49. The summed E-state index contributed by atoms with van der Waals surface area (Å²) in [6, 6.07) is 5.09. The van der Waals surface area contributed by atoms with Crippen molar-refractivity contribution in [2.75, 3.05) is 12.1 Å². The van der Waals surface area contributed by atoms with Crippen LogP contribution in [0.2, 0.25) is 0 Å². The van der Waals surface area contributed by atoms with Gasteiger partial charge in [-0.2, -0.15) is 0 Å². The lowest BCUT2D eigenvalue weighted by molar-refractivity contribution is -0.150. The summed E-state index contributed by atoms with van der Waals surface area (Å²) in [7, 11) is 0. The molecule has 2 N–H and O–H groups in total. The van der Waals surface area contributed by atoms with Crippen LogP contribution in [-0.4, -0.2) is 23.9 Å². The maximum Gasteiger partial charge on any atom is 0.347 e. The number of rotatable bonds is 7. The SMILES string of the molecule is C=CCc1cc(O[C@H](C)C(=O)OCC)ccc1NO. The molecule has 5 heteroatoms. The van der Waals surface area contributed by atoms with Gasteiger partial charge in [0.15, 0.2) is 6.10 Å². The molecule has 5 nitrogen and oxygen atoms in total. The fourth-order valence-electron chi connectivity index (χ4n) is 1.59. The number of carbonyl (C=O) groups is 1. The highest BCUT2D eigenvalue weighted by atomic mass is 16.6. The highest BCUT2D eigenvalue weighted by molar-refractivity contribution is 5.74. The van der Waals surface area contributed by atoms with Crippen molar-refractivity contribution in [3.63, 3.8) is 0 Å². The highest BCUT2D eigenvalue weighted by Gasteiger charge is 2.16. The number of carbonyl (C=O) groups excluding carboxylic acids is 1. The van der Waals surface area contributed by atoms with Gasteiger partial charge >= 0.3 is 5.97 Å². The average Bonchev–Trinajstić information content (AvgIpc) is 2.39. The van der Waals surface area contributed by atoms with E-state index in [0.29, 0.717) is 24.5 Å². The first-order valence-corrected chi connectivity index (χ1v) is 6.09. The van der Waals surface area contributed by atoms with Crippen molar-refractivity contribution in [3.05, 3.63) is 36.4 Å². The molecule has 0 aliphatic carbocycles. The Hall–Kier alpha value is -2.01. The van der Waals surface area contributed by atoms with Crippen molar-refractivity contribution < 1.29 is 19.5 Å². The first kappa shape index (κ1) is 15.0. The minimum absolute atomic E-state index is 0.321. The van der Waals surface area contributed by atoms with E-state index in [1.165, 1.54) is 0 Å².